The third-order valence-corrected chi connectivity index (χ3v) is 1.82. The van der Waals surface area contributed by atoms with Crippen molar-refractivity contribution in [2.45, 2.75) is 45.8 Å². The monoisotopic (exact) mass is 218 g/mol. The van der Waals surface area contributed by atoms with Gasteiger partial charge in [-0.2, -0.15) is 0 Å². The molecule has 4 nitrogen and oxygen atoms in total. The van der Waals surface area contributed by atoms with Gasteiger partial charge in [-0.1, -0.05) is 19.8 Å². The van der Waals surface area contributed by atoms with Crippen molar-refractivity contribution < 1.29 is 19.1 Å². The molecule has 0 atom stereocenters. The van der Waals surface area contributed by atoms with E-state index in [9.17, 15) is 9.59 Å². The average molecular weight is 218 g/mol. The van der Waals surface area contributed by atoms with Crippen molar-refractivity contribution >= 4 is 12.1 Å². The zero-order chi connectivity index (χ0) is 12.1. The summed E-state index contributed by atoms with van der Waals surface area (Å²) in [5.41, 5.74) is 0. The molecule has 0 bridgehead atoms. The number of hydrogen-bond donors (Lipinski definition) is 0. The van der Waals surface area contributed by atoms with Crippen LogP contribution in [0.25, 0.3) is 0 Å². The van der Waals surface area contributed by atoms with Crippen molar-refractivity contribution in [2.75, 3.05) is 14.2 Å². The molecule has 0 amide bonds. The van der Waals surface area contributed by atoms with Crippen LogP contribution in [0, 0.1) is 0 Å². The molecule has 0 heterocycles. The maximum Gasteiger partial charge on any atom is 0.195 e. The van der Waals surface area contributed by atoms with Crippen LogP contribution in [0.4, 0.5) is 0 Å². The van der Waals surface area contributed by atoms with E-state index in [1.807, 2.05) is 6.92 Å². The molecule has 0 unspecified atom stereocenters. The van der Waals surface area contributed by atoms with Gasteiger partial charge in [0, 0.05) is 20.6 Å². The topological polar surface area (TPSA) is 52.6 Å². The Labute approximate surface area is 91.9 Å². The highest BCUT2D eigenvalue weighted by Gasteiger charge is 1.95. The van der Waals surface area contributed by atoms with E-state index in [1.54, 1.807) is 14.2 Å². The molecular weight excluding hydrogens is 196 g/mol. The molecule has 0 radical (unpaired) electrons. The SMILES string of the molecule is CCCCCC(=O)C=O.COC(C)OC. The molecule has 0 N–H and O–H groups in total. The fourth-order valence-corrected chi connectivity index (χ4v) is 0.704. The fourth-order valence-electron chi connectivity index (χ4n) is 0.704. The van der Waals surface area contributed by atoms with Gasteiger partial charge in [0.25, 0.3) is 0 Å². The number of hydrogen-bond acceptors (Lipinski definition) is 4. The van der Waals surface area contributed by atoms with Gasteiger partial charge in [0.15, 0.2) is 18.4 Å². The molecule has 0 aliphatic heterocycles. The summed E-state index contributed by atoms with van der Waals surface area (Å²) in [4.78, 5) is 20.1. The van der Waals surface area contributed by atoms with Crippen LogP contribution in [-0.2, 0) is 19.1 Å². The third kappa shape index (κ3) is 16.0. The van der Waals surface area contributed by atoms with Gasteiger partial charge in [-0.05, 0) is 13.3 Å². The van der Waals surface area contributed by atoms with Crippen LogP contribution >= 0.6 is 0 Å². The standard InChI is InChI=1S/C7H12O2.C4H10O2/c1-2-3-4-5-7(9)6-8;1-4(5-2)6-3/h6H,2-5H2,1H3;4H,1-3H3. The van der Waals surface area contributed by atoms with Crippen LogP contribution in [0.15, 0.2) is 0 Å². The first-order valence-corrected chi connectivity index (χ1v) is 5.15. The predicted molar refractivity (Wildman–Crippen MR) is 58.7 cm³/mol. The van der Waals surface area contributed by atoms with Crippen molar-refractivity contribution in [1.29, 1.82) is 0 Å². The first kappa shape index (κ1) is 16.7. The fraction of sp³-hybridized carbons (Fsp3) is 0.818. The minimum absolute atomic E-state index is 0.0648. The number of ketones is 1. The summed E-state index contributed by atoms with van der Waals surface area (Å²) in [6.07, 6.45) is 3.75. The van der Waals surface area contributed by atoms with E-state index < -0.39 is 0 Å². The lowest BCUT2D eigenvalue weighted by molar-refractivity contribution is -0.129. The molecule has 0 spiro atoms. The van der Waals surface area contributed by atoms with Crippen LogP contribution in [-0.4, -0.2) is 32.6 Å². The lowest BCUT2D eigenvalue weighted by Gasteiger charge is -2.03. The largest absolute Gasteiger partial charge is 0.356 e. The molecule has 0 saturated carbocycles. The molecule has 0 aliphatic carbocycles. The Hall–Kier alpha value is -0.740. The highest BCUT2D eigenvalue weighted by molar-refractivity contribution is 6.24. The number of Topliss-reactive ketones (excluding diaryl/α,β-unsaturated/α-hetero) is 1. The van der Waals surface area contributed by atoms with Gasteiger partial charge in [0.2, 0.25) is 0 Å². The Morgan fingerprint density at radius 3 is 2.07 bits per heavy atom. The van der Waals surface area contributed by atoms with E-state index in [0.29, 0.717) is 12.7 Å². The summed E-state index contributed by atoms with van der Waals surface area (Å²) in [5, 5.41) is 0. The molecule has 0 fully saturated rings. The van der Waals surface area contributed by atoms with Crippen LogP contribution in [0.3, 0.4) is 0 Å². The van der Waals surface area contributed by atoms with Crippen molar-refractivity contribution in [3.63, 3.8) is 0 Å². The van der Waals surface area contributed by atoms with Gasteiger partial charge in [0.1, 0.15) is 0 Å². The zero-order valence-electron chi connectivity index (χ0n) is 10.1. The Morgan fingerprint density at radius 1 is 1.27 bits per heavy atom. The summed E-state index contributed by atoms with van der Waals surface area (Å²) in [6, 6.07) is 0. The van der Waals surface area contributed by atoms with E-state index in [-0.39, 0.29) is 12.1 Å². The maximum absolute atomic E-state index is 10.3. The van der Waals surface area contributed by atoms with Crippen molar-refractivity contribution in [2.24, 2.45) is 0 Å². The highest BCUT2D eigenvalue weighted by atomic mass is 16.7. The highest BCUT2D eigenvalue weighted by Crippen LogP contribution is 1.97. The summed E-state index contributed by atoms with van der Waals surface area (Å²) >= 11 is 0. The first-order chi connectivity index (χ1) is 7.12. The minimum atomic E-state index is -0.275. The predicted octanol–water partition coefficient (Wildman–Crippen LogP) is 1.96. The summed E-state index contributed by atoms with van der Waals surface area (Å²) in [6.45, 7) is 3.89. The molecule has 0 aromatic rings. The van der Waals surface area contributed by atoms with Crippen LogP contribution < -0.4 is 0 Å². The second-order valence-electron chi connectivity index (χ2n) is 3.08. The molecule has 0 aromatic carbocycles. The number of carbonyl (C=O) groups excluding carboxylic acids is 2. The van der Waals surface area contributed by atoms with E-state index >= 15 is 0 Å². The summed E-state index contributed by atoms with van der Waals surface area (Å²) < 4.78 is 9.35. The number of aldehydes is 1. The number of ether oxygens (including phenoxy) is 2. The first-order valence-electron chi connectivity index (χ1n) is 5.15. The molecule has 0 aromatic heterocycles. The molecule has 0 rings (SSSR count). The smallest absolute Gasteiger partial charge is 0.195 e. The molecule has 90 valence electrons. The van der Waals surface area contributed by atoms with Crippen molar-refractivity contribution in [3.05, 3.63) is 0 Å². The van der Waals surface area contributed by atoms with E-state index in [2.05, 4.69) is 16.4 Å². The molecule has 0 saturated heterocycles. The van der Waals surface area contributed by atoms with Gasteiger partial charge in [-0.25, -0.2) is 0 Å². The van der Waals surface area contributed by atoms with Crippen LogP contribution in [0.5, 0.6) is 0 Å². The number of rotatable bonds is 7. The van der Waals surface area contributed by atoms with E-state index in [0.717, 1.165) is 19.3 Å². The van der Waals surface area contributed by atoms with Gasteiger partial charge in [-0.15, -0.1) is 0 Å². The Morgan fingerprint density at radius 2 is 1.80 bits per heavy atom. The average Bonchev–Trinajstić information content (AvgIpc) is 2.28. The summed E-state index contributed by atoms with van der Waals surface area (Å²) in [5.74, 6) is -0.275. The minimum Gasteiger partial charge on any atom is -0.356 e. The third-order valence-electron chi connectivity index (χ3n) is 1.82. The molecule has 15 heavy (non-hydrogen) atoms. The van der Waals surface area contributed by atoms with Crippen LogP contribution in [0.1, 0.15) is 39.5 Å². The van der Waals surface area contributed by atoms with Gasteiger partial charge < -0.3 is 9.47 Å². The molecule has 0 aliphatic rings. The van der Waals surface area contributed by atoms with Gasteiger partial charge >= 0.3 is 0 Å². The van der Waals surface area contributed by atoms with Crippen molar-refractivity contribution in [1.82, 2.24) is 0 Å². The second kappa shape index (κ2) is 13.3. The maximum atomic E-state index is 10.3. The van der Waals surface area contributed by atoms with E-state index in [1.165, 1.54) is 0 Å². The Bertz CT molecular complexity index is 153. The molecular formula is C11H22O4. The van der Waals surface area contributed by atoms with Gasteiger partial charge in [0.05, 0.1) is 0 Å². The number of methoxy groups -OCH3 is 2. The number of carbonyl (C=O) groups is 2. The lowest BCUT2D eigenvalue weighted by Crippen LogP contribution is -2.05. The number of unbranched alkanes of at least 4 members (excludes halogenated alkanes) is 2. The Kier molecular flexibility index (Phi) is 14.7. The second-order valence-corrected chi connectivity index (χ2v) is 3.08. The molecule has 4 heteroatoms. The van der Waals surface area contributed by atoms with E-state index in [4.69, 9.17) is 0 Å². The van der Waals surface area contributed by atoms with Crippen molar-refractivity contribution in [3.8, 4) is 0 Å². The zero-order valence-corrected chi connectivity index (χ0v) is 10.1. The van der Waals surface area contributed by atoms with Gasteiger partial charge in [-0.3, -0.25) is 9.59 Å². The lowest BCUT2D eigenvalue weighted by atomic mass is 10.1. The van der Waals surface area contributed by atoms with Crippen LogP contribution in [0.2, 0.25) is 0 Å². The quantitative estimate of drug-likeness (QED) is 0.284. The Balaban J connectivity index is 0. The normalized spacial score (nSPS) is 9.40. The summed E-state index contributed by atoms with van der Waals surface area (Å²) in [7, 11) is 3.21.